The average molecular weight is 519 g/mol. The second-order valence-corrected chi connectivity index (χ2v) is 9.84. The van der Waals surface area contributed by atoms with E-state index in [9.17, 15) is 4.79 Å². The van der Waals surface area contributed by atoms with Crippen LogP contribution in [0.15, 0.2) is 78.0 Å². The van der Waals surface area contributed by atoms with Gasteiger partial charge in [0.05, 0.1) is 5.52 Å². The summed E-state index contributed by atoms with van der Waals surface area (Å²) in [7, 11) is 2.16. The number of hydrogen-bond acceptors (Lipinski definition) is 9. The van der Waals surface area contributed by atoms with Crippen molar-refractivity contribution < 1.29 is 0 Å². The largest absolute Gasteiger partial charge is 0.366 e. The van der Waals surface area contributed by atoms with Gasteiger partial charge in [-0.3, -0.25) is 4.79 Å². The zero-order valence-corrected chi connectivity index (χ0v) is 21.6. The minimum Gasteiger partial charge on any atom is -0.366 e. The summed E-state index contributed by atoms with van der Waals surface area (Å²) in [6.45, 7) is 5.34. The van der Waals surface area contributed by atoms with Crippen LogP contribution < -0.4 is 15.8 Å². The second kappa shape index (κ2) is 9.14. The van der Waals surface area contributed by atoms with E-state index in [1.54, 1.807) is 23.1 Å². The van der Waals surface area contributed by atoms with Gasteiger partial charge in [0.2, 0.25) is 11.9 Å². The third-order valence-corrected chi connectivity index (χ3v) is 7.20. The van der Waals surface area contributed by atoms with Gasteiger partial charge in [0.25, 0.3) is 5.56 Å². The van der Waals surface area contributed by atoms with Crippen LogP contribution in [0.5, 0.6) is 0 Å². The molecule has 0 aliphatic carbocycles. The van der Waals surface area contributed by atoms with Crippen LogP contribution in [0.25, 0.3) is 33.5 Å². The Morgan fingerprint density at radius 2 is 1.69 bits per heavy atom. The molecule has 0 radical (unpaired) electrons. The number of nitrogens with zero attached hydrogens (tertiary/aromatic N) is 9. The van der Waals surface area contributed by atoms with Crippen LogP contribution in [0.3, 0.4) is 0 Å². The lowest BCUT2D eigenvalue weighted by Gasteiger charge is -2.39. The number of fused-ring (bicyclic) bond motifs is 4. The van der Waals surface area contributed by atoms with E-state index >= 15 is 0 Å². The zero-order valence-electron chi connectivity index (χ0n) is 21.6. The van der Waals surface area contributed by atoms with Crippen LogP contribution in [0.1, 0.15) is 6.92 Å². The summed E-state index contributed by atoms with van der Waals surface area (Å²) in [6.07, 6.45) is 4.80. The molecular weight excluding hydrogens is 492 g/mol. The average Bonchev–Trinajstić information content (AvgIpc) is 3.29. The molecule has 7 rings (SSSR count). The van der Waals surface area contributed by atoms with Crippen molar-refractivity contribution >= 4 is 44.9 Å². The van der Waals surface area contributed by atoms with Gasteiger partial charge in [0.1, 0.15) is 5.39 Å². The second-order valence-electron chi connectivity index (χ2n) is 9.84. The molecule has 1 aliphatic heterocycles. The summed E-state index contributed by atoms with van der Waals surface area (Å²) in [5.74, 6) is 0.746. The van der Waals surface area contributed by atoms with Gasteiger partial charge in [0.15, 0.2) is 11.3 Å². The highest BCUT2D eigenvalue weighted by molar-refractivity contribution is 5.95. The Kier molecular flexibility index (Phi) is 5.44. The van der Waals surface area contributed by atoms with Gasteiger partial charge in [-0.1, -0.05) is 12.1 Å². The number of anilines is 3. The van der Waals surface area contributed by atoms with E-state index in [4.69, 9.17) is 4.98 Å². The molecule has 0 unspecified atom stereocenters. The first-order valence-corrected chi connectivity index (χ1v) is 12.9. The zero-order chi connectivity index (χ0) is 26.5. The highest BCUT2D eigenvalue weighted by atomic mass is 16.1. The topological polar surface area (TPSA) is 109 Å². The predicted molar refractivity (Wildman–Crippen MR) is 151 cm³/mol. The van der Waals surface area contributed by atoms with Gasteiger partial charge in [-0.25, -0.2) is 24.6 Å². The minimum absolute atomic E-state index is 0.296. The van der Waals surface area contributed by atoms with Crippen molar-refractivity contribution in [2.24, 2.45) is 0 Å². The molecule has 2 aromatic carbocycles. The lowest BCUT2D eigenvalue weighted by molar-refractivity contribution is 0.275. The summed E-state index contributed by atoms with van der Waals surface area (Å²) in [4.78, 5) is 41.0. The lowest BCUT2D eigenvalue weighted by Crippen LogP contribution is -2.50. The summed E-state index contributed by atoms with van der Waals surface area (Å²) < 4.78 is 3.16. The van der Waals surface area contributed by atoms with Crippen LogP contribution in [0.2, 0.25) is 0 Å². The number of piperazine rings is 1. The molecule has 39 heavy (non-hydrogen) atoms. The number of aromatic nitrogens is 7. The number of hydrogen-bond donors (Lipinski definition) is 1. The van der Waals surface area contributed by atoms with E-state index in [1.807, 2.05) is 36.4 Å². The number of nitrogens with one attached hydrogen (secondary N) is 1. The number of rotatable bonds is 4. The molecule has 194 valence electrons. The normalized spacial score (nSPS) is 16.4. The molecule has 0 bridgehead atoms. The van der Waals surface area contributed by atoms with E-state index in [-0.39, 0.29) is 5.56 Å². The molecule has 4 aromatic heterocycles. The Morgan fingerprint density at radius 3 is 2.49 bits per heavy atom. The lowest BCUT2D eigenvalue weighted by atomic mass is 10.1. The summed E-state index contributed by atoms with van der Waals surface area (Å²) >= 11 is 0. The van der Waals surface area contributed by atoms with E-state index in [0.29, 0.717) is 34.6 Å². The molecule has 0 spiro atoms. The fourth-order valence-electron chi connectivity index (χ4n) is 5.33. The SMILES string of the molecule is C[C@H]1CN(C)CCN1c1ccc(Nc2ncc3c(=O)n4c(nc3n2)c2ccccc2n4-c2ncccn2)cc1. The maximum absolute atomic E-state index is 13.7. The van der Waals surface area contributed by atoms with Gasteiger partial charge >= 0.3 is 0 Å². The Balaban J connectivity index is 1.27. The van der Waals surface area contributed by atoms with Crippen LogP contribution in [-0.2, 0) is 0 Å². The smallest absolute Gasteiger partial charge is 0.284 e. The monoisotopic (exact) mass is 518 g/mol. The third kappa shape index (κ3) is 3.94. The fraction of sp³-hybridized carbons (Fsp3) is 0.214. The minimum atomic E-state index is -0.296. The molecule has 0 amide bonds. The molecule has 11 nitrogen and oxygen atoms in total. The van der Waals surface area contributed by atoms with Crippen molar-refractivity contribution in [3.05, 3.63) is 83.5 Å². The van der Waals surface area contributed by atoms with E-state index in [1.165, 1.54) is 16.4 Å². The molecule has 1 atom stereocenters. The van der Waals surface area contributed by atoms with Crippen molar-refractivity contribution in [2.75, 3.05) is 36.9 Å². The summed E-state index contributed by atoms with van der Waals surface area (Å²) in [5, 5.41) is 4.36. The fourth-order valence-corrected chi connectivity index (χ4v) is 5.33. The first kappa shape index (κ1) is 23.2. The molecule has 11 heteroatoms. The molecule has 5 heterocycles. The van der Waals surface area contributed by atoms with Crippen molar-refractivity contribution in [2.45, 2.75) is 13.0 Å². The van der Waals surface area contributed by atoms with Gasteiger partial charge in [-0.2, -0.15) is 9.50 Å². The quantitative estimate of drug-likeness (QED) is 0.376. The van der Waals surface area contributed by atoms with Gasteiger partial charge in [-0.15, -0.1) is 0 Å². The Labute approximate surface area is 223 Å². The Bertz CT molecular complexity index is 1880. The molecule has 1 saturated heterocycles. The van der Waals surface area contributed by atoms with Gasteiger partial charge in [-0.05, 0) is 56.4 Å². The van der Waals surface area contributed by atoms with Gasteiger partial charge in [0, 0.05) is 61.0 Å². The van der Waals surface area contributed by atoms with E-state index in [0.717, 1.165) is 36.2 Å². The predicted octanol–water partition coefficient (Wildman–Crippen LogP) is 3.26. The van der Waals surface area contributed by atoms with Crippen LogP contribution in [0.4, 0.5) is 17.3 Å². The Hall–Kier alpha value is -4.90. The summed E-state index contributed by atoms with van der Waals surface area (Å²) in [6, 6.07) is 18.1. The van der Waals surface area contributed by atoms with Crippen LogP contribution in [0, 0.1) is 0 Å². The van der Waals surface area contributed by atoms with Gasteiger partial charge < -0.3 is 15.1 Å². The Morgan fingerprint density at radius 1 is 0.897 bits per heavy atom. The van der Waals surface area contributed by atoms with Crippen LogP contribution >= 0.6 is 0 Å². The molecule has 6 aromatic rings. The highest BCUT2D eigenvalue weighted by Crippen LogP contribution is 2.25. The highest BCUT2D eigenvalue weighted by Gasteiger charge is 2.22. The first-order valence-electron chi connectivity index (χ1n) is 12.9. The van der Waals surface area contributed by atoms with Crippen LogP contribution in [-0.4, -0.2) is 71.7 Å². The number of likely N-dealkylation sites (N-methyl/N-ethyl adjacent to an activating group) is 1. The van der Waals surface area contributed by atoms with Crippen molar-refractivity contribution in [1.82, 2.24) is 39.0 Å². The third-order valence-electron chi connectivity index (χ3n) is 7.20. The van der Waals surface area contributed by atoms with Crippen molar-refractivity contribution in [1.29, 1.82) is 0 Å². The maximum Gasteiger partial charge on any atom is 0.284 e. The number of benzene rings is 2. The van der Waals surface area contributed by atoms with Crippen molar-refractivity contribution in [3.63, 3.8) is 0 Å². The first-order chi connectivity index (χ1) is 19.1. The standard InChI is InChI=1S/C28H26N10O/c1-18-17-35(2)14-15-36(18)20-10-8-19(9-11-20)32-27-31-16-22-24(34-27)33-25-21-6-3-4-7-23(21)37(38(25)26(22)39)28-29-12-5-13-30-28/h3-13,16,18H,14-15,17H2,1-2H3,(H,31,32,34)/t18-/m0/s1. The molecule has 1 N–H and O–H groups in total. The molecule has 1 fully saturated rings. The molecular formula is C28H26N10O. The molecule has 0 saturated carbocycles. The maximum atomic E-state index is 13.7. The van der Waals surface area contributed by atoms with E-state index < -0.39 is 0 Å². The van der Waals surface area contributed by atoms with Crippen molar-refractivity contribution in [3.8, 4) is 5.95 Å². The number of para-hydroxylation sites is 1. The summed E-state index contributed by atoms with van der Waals surface area (Å²) in [5.41, 5.74) is 3.32. The molecule has 1 aliphatic rings. The van der Waals surface area contributed by atoms with E-state index in [2.05, 4.69) is 61.2 Å².